The first-order valence-electron chi connectivity index (χ1n) is 8.52. The number of carbonyl (C=O) groups excluding carboxylic acids is 1. The van der Waals surface area contributed by atoms with Gasteiger partial charge in [-0.1, -0.05) is 11.6 Å². The molecule has 0 unspecified atom stereocenters. The van der Waals surface area contributed by atoms with Crippen LogP contribution in [-0.4, -0.2) is 15.9 Å². The zero-order valence-electron chi connectivity index (χ0n) is 14.3. The van der Waals surface area contributed by atoms with Crippen molar-refractivity contribution in [1.29, 1.82) is 0 Å². The Bertz CT molecular complexity index is 1050. The summed E-state index contributed by atoms with van der Waals surface area (Å²) < 4.78 is 14.3. The Morgan fingerprint density at radius 3 is 2.85 bits per heavy atom. The van der Waals surface area contributed by atoms with Gasteiger partial charge in [-0.3, -0.25) is 14.8 Å². The number of aromatic nitrogens is 2. The van der Waals surface area contributed by atoms with Gasteiger partial charge in [0.2, 0.25) is 0 Å². The Morgan fingerprint density at radius 2 is 2.04 bits per heavy atom. The normalized spacial score (nSPS) is 12.7. The lowest BCUT2D eigenvalue weighted by Crippen LogP contribution is -2.14. The van der Waals surface area contributed by atoms with Crippen molar-refractivity contribution in [1.82, 2.24) is 9.97 Å². The Kier molecular flexibility index (Phi) is 4.49. The highest BCUT2D eigenvalue weighted by atomic mass is 35.5. The summed E-state index contributed by atoms with van der Waals surface area (Å²) in [6.07, 6.45) is 5.65. The number of benzene rings is 1. The van der Waals surface area contributed by atoms with Gasteiger partial charge in [-0.05, 0) is 55.2 Å². The number of anilines is 2. The van der Waals surface area contributed by atoms with Gasteiger partial charge >= 0.3 is 0 Å². The average Bonchev–Trinajstić information content (AvgIpc) is 3.13. The van der Waals surface area contributed by atoms with E-state index in [1.54, 1.807) is 24.4 Å². The predicted molar refractivity (Wildman–Crippen MR) is 103 cm³/mol. The highest BCUT2D eigenvalue weighted by Gasteiger charge is 2.21. The molecule has 0 aliphatic heterocycles. The number of nitrogens with two attached hydrogens (primary N) is 1. The van der Waals surface area contributed by atoms with Crippen molar-refractivity contribution in [2.24, 2.45) is 5.73 Å². The molecule has 4 rings (SSSR count). The molecule has 1 aliphatic carbocycles. The molecule has 136 valence electrons. The molecule has 3 aromatic rings. The first-order chi connectivity index (χ1) is 13.0. The van der Waals surface area contributed by atoms with E-state index in [0.717, 1.165) is 36.2 Å². The second-order valence-electron chi connectivity index (χ2n) is 6.37. The number of carbonyl (C=O) groups is 1. The van der Waals surface area contributed by atoms with Crippen LogP contribution in [0, 0.1) is 5.82 Å². The van der Waals surface area contributed by atoms with Gasteiger partial charge in [0.25, 0.3) is 5.91 Å². The summed E-state index contributed by atoms with van der Waals surface area (Å²) in [6.45, 7) is 0. The third kappa shape index (κ3) is 3.36. The lowest BCUT2D eigenvalue weighted by molar-refractivity contribution is 0.100. The molecular formula is C20H16ClFN4O. The molecule has 0 fully saturated rings. The van der Waals surface area contributed by atoms with Crippen molar-refractivity contribution in [2.45, 2.75) is 19.3 Å². The van der Waals surface area contributed by atoms with Gasteiger partial charge in [-0.25, -0.2) is 4.39 Å². The first-order valence-corrected chi connectivity index (χ1v) is 8.90. The van der Waals surface area contributed by atoms with Crippen LogP contribution in [0.1, 0.15) is 28.0 Å². The van der Waals surface area contributed by atoms with Crippen molar-refractivity contribution in [3.05, 3.63) is 70.4 Å². The Labute approximate surface area is 160 Å². The predicted octanol–water partition coefficient (Wildman–Crippen LogP) is 4.27. The van der Waals surface area contributed by atoms with E-state index in [4.69, 9.17) is 17.3 Å². The molecule has 3 N–H and O–H groups in total. The monoisotopic (exact) mass is 382 g/mol. The van der Waals surface area contributed by atoms with Gasteiger partial charge in [0.1, 0.15) is 5.82 Å². The number of amides is 1. The molecule has 0 bridgehead atoms. The highest BCUT2D eigenvalue weighted by molar-refractivity contribution is 6.30. The van der Waals surface area contributed by atoms with Gasteiger partial charge in [0.05, 0.1) is 16.9 Å². The molecule has 27 heavy (non-hydrogen) atoms. The minimum absolute atomic E-state index is 0.288. The largest absolute Gasteiger partial charge is 0.365 e. The number of hydrogen-bond acceptors (Lipinski definition) is 4. The van der Waals surface area contributed by atoms with Crippen LogP contribution in [0.15, 0.2) is 42.7 Å². The molecule has 0 saturated heterocycles. The van der Waals surface area contributed by atoms with Gasteiger partial charge in [-0.15, -0.1) is 0 Å². The van der Waals surface area contributed by atoms with E-state index in [1.165, 1.54) is 18.3 Å². The second-order valence-corrected chi connectivity index (χ2v) is 6.80. The van der Waals surface area contributed by atoms with Crippen molar-refractivity contribution in [3.8, 4) is 11.3 Å². The molecule has 1 amide bonds. The highest BCUT2D eigenvalue weighted by Crippen LogP contribution is 2.35. The summed E-state index contributed by atoms with van der Waals surface area (Å²) in [5.74, 6) is -0.963. The van der Waals surface area contributed by atoms with E-state index in [1.807, 2.05) is 0 Å². The minimum Gasteiger partial charge on any atom is -0.365 e. The van der Waals surface area contributed by atoms with Crippen LogP contribution >= 0.6 is 11.6 Å². The van der Waals surface area contributed by atoms with Gasteiger partial charge in [0.15, 0.2) is 0 Å². The lowest BCUT2D eigenvalue weighted by Gasteiger charge is -2.15. The van der Waals surface area contributed by atoms with E-state index in [0.29, 0.717) is 22.0 Å². The second kappa shape index (κ2) is 6.96. The molecule has 2 heterocycles. The fourth-order valence-corrected chi connectivity index (χ4v) is 3.50. The topological polar surface area (TPSA) is 80.9 Å². The maximum atomic E-state index is 14.3. The quantitative estimate of drug-likeness (QED) is 0.706. The molecule has 0 spiro atoms. The van der Waals surface area contributed by atoms with Crippen molar-refractivity contribution >= 4 is 28.9 Å². The first kappa shape index (κ1) is 17.4. The molecule has 1 aromatic carbocycles. The van der Waals surface area contributed by atoms with Crippen LogP contribution in [-0.2, 0) is 12.8 Å². The number of nitrogens with one attached hydrogen (secondary N) is 1. The Hall–Kier alpha value is -2.99. The smallest absolute Gasteiger partial charge is 0.252 e. The summed E-state index contributed by atoms with van der Waals surface area (Å²) in [6, 6.07) is 7.86. The van der Waals surface area contributed by atoms with Crippen molar-refractivity contribution < 1.29 is 9.18 Å². The maximum Gasteiger partial charge on any atom is 0.252 e. The lowest BCUT2D eigenvalue weighted by atomic mass is 10.1. The third-order valence-corrected chi connectivity index (χ3v) is 4.85. The fraction of sp³-hybridized carbons (Fsp3) is 0.150. The van der Waals surface area contributed by atoms with Crippen molar-refractivity contribution in [2.75, 3.05) is 5.32 Å². The molecule has 0 atom stereocenters. The molecular weight excluding hydrogens is 367 g/mol. The summed E-state index contributed by atoms with van der Waals surface area (Å²) >= 11 is 6.04. The molecule has 0 saturated carbocycles. The van der Waals surface area contributed by atoms with E-state index in [-0.39, 0.29) is 5.56 Å². The molecule has 5 nitrogen and oxygen atoms in total. The molecule has 7 heteroatoms. The van der Waals surface area contributed by atoms with E-state index >= 15 is 0 Å². The summed E-state index contributed by atoms with van der Waals surface area (Å²) in [5.41, 5.74) is 9.88. The summed E-state index contributed by atoms with van der Waals surface area (Å²) in [7, 11) is 0. The molecule has 0 radical (unpaired) electrons. The number of rotatable bonds is 4. The molecule has 2 aromatic heterocycles. The zero-order chi connectivity index (χ0) is 19.0. The van der Waals surface area contributed by atoms with Gasteiger partial charge < -0.3 is 11.1 Å². The van der Waals surface area contributed by atoms with Crippen LogP contribution in [0.2, 0.25) is 5.02 Å². The maximum absolute atomic E-state index is 14.3. The summed E-state index contributed by atoms with van der Waals surface area (Å²) in [4.78, 5) is 20.3. The van der Waals surface area contributed by atoms with Crippen LogP contribution < -0.4 is 11.1 Å². The van der Waals surface area contributed by atoms with Crippen LogP contribution in [0.5, 0.6) is 0 Å². The number of primary amides is 1. The fourth-order valence-electron chi connectivity index (χ4n) is 3.33. The number of fused-ring (bicyclic) bond motifs is 1. The van der Waals surface area contributed by atoms with Crippen LogP contribution in [0.4, 0.5) is 15.8 Å². The van der Waals surface area contributed by atoms with Gasteiger partial charge in [-0.2, -0.15) is 0 Å². The number of nitrogens with zero attached hydrogens (tertiary/aromatic N) is 2. The minimum atomic E-state index is -0.572. The SMILES string of the molecule is NC(=O)c1cnccc1Nc1cc(-c2cc(Cl)ccc2F)nc2c1CCC2. The van der Waals surface area contributed by atoms with E-state index in [9.17, 15) is 9.18 Å². The Morgan fingerprint density at radius 1 is 1.19 bits per heavy atom. The Balaban J connectivity index is 1.83. The van der Waals surface area contributed by atoms with Crippen LogP contribution in [0.25, 0.3) is 11.3 Å². The number of pyridine rings is 2. The van der Waals surface area contributed by atoms with E-state index in [2.05, 4.69) is 15.3 Å². The standard InChI is InChI=1S/C20H16ClFN4O/c21-11-4-5-15(22)13(8-11)19-9-18(12-2-1-3-16(12)25-19)26-17-6-7-24-10-14(17)20(23)27/h4-10H,1-3H2,(H2,23,27)(H,24,25,26). The third-order valence-electron chi connectivity index (χ3n) is 4.61. The number of aryl methyl sites for hydroxylation is 1. The zero-order valence-corrected chi connectivity index (χ0v) is 15.1. The average molecular weight is 383 g/mol. The number of halogens is 2. The molecule has 1 aliphatic rings. The summed E-state index contributed by atoms with van der Waals surface area (Å²) in [5, 5.41) is 3.70. The van der Waals surface area contributed by atoms with Crippen LogP contribution in [0.3, 0.4) is 0 Å². The van der Waals surface area contributed by atoms with Gasteiger partial charge in [0, 0.05) is 34.4 Å². The number of hydrogen-bond donors (Lipinski definition) is 2. The van der Waals surface area contributed by atoms with Crippen molar-refractivity contribution in [3.63, 3.8) is 0 Å². The van der Waals surface area contributed by atoms with E-state index < -0.39 is 11.7 Å².